The van der Waals surface area contributed by atoms with Crippen molar-refractivity contribution in [1.29, 1.82) is 5.26 Å². The van der Waals surface area contributed by atoms with Gasteiger partial charge in [-0.05, 0) is 25.1 Å². The van der Waals surface area contributed by atoms with E-state index >= 15 is 0 Å². The van der Waals surface area contributed by atoms with E-state index in [9.17, 15) is 4.39 Å². The summed E-state index contributed by atoms with van der Waals surface area (Å²) in [5.74, 6) is -0.302. The Kier molecular flexibility index (Phi) is 2.26. The zero-order valence-electron chi connectivity index (χ0n) is 8.21. The summed E-state index contributed by atoms with van der Waals surface area (Å²) in [7, 11) is 0. The lowest BCUT2D eigenvalue weighted by molar-refractivity contribution is 0.628. The smallest absolute Gasteiger partial charge is 0.123 e. The van der Waals surface area contributed by atoms with Gasteiger partial charge in [0, 0.05) is 11.3 Å². The van der Waals surface area contributed by atoms with Crippen molar-refractivity contribution in [3.05, 3.63) is 47.4 Å². The first-order valence-corrected chi connectivity index (χ1v) is 4.56. The molecule has 0 saturated carbocycles. The summed E-state index contributed by atoms with van der Waals surface area (Å²) < 4.78 is 13.0. The van der Waals surface area contributed by atoms with Crippen LogP contribution >= 0.6 is 0 Å². The summed E-state index contributed by atoms with van der Waals surface area (Å²) in [6, 6.07) is 10.0. The molecule has 0 saturated heterocycles. The van der Waals surface area contributed by atoms with Gasteiger partial charge in [-0.2, -0.15) is 5.26 Å². The molecular weight excluding hydrogens is 191 g/mol. The van der Waals surface area contributed by atoms with Crippen molar-refractivity contribution in [3.8, 4) is 17.3 Å². The molecule has 15 heavy (non-hydrogen) atoms. The first-order valence-electron chi connectivity index (χ1n) is 4.56. The summed E-state index contributed by atoms with van der Waals surface area (Å²) in [4.78, 5) is 3.05. The molecule has 0 bridgehead atoms. The van der Waals surface area contributed by atoms with Crippen LogP contribution in [0.4, 0.5) is 4.39 Å². The van der Waals surface area contributed by atoms with Crippen molar-refractivity contribution in [2.75, 3.05) is 0 Å². The molecule has 0 radical (unpaired) electrons. The number of aromatic amines is 1. The van der Waals surface area contributed by atoms with E-state index in [4.69, 9.17) is 5.26 Å². The van der Waals surface area contributed by atoms with Gasteiger partial charge in [-0.1, -0.05) is 12.1 Å². The van der Waals surface area contributed by atoms with Crippen LogP contribution in [0, 0.1) is 24.1 Å². The van der Waals surface area contributed by atoms with Gasteiger partial charge in [0.05, 0.1) is 11.3 Å². The first kappa shape index (κ1) is 9.47. The number of hydrogen-bond acceptors (Lipinski definition) is 1. The minimum atomic E-state index is -0.302. The van der Waals surface area contributed by atoms with Gasteiger partial charge in [0.1, 0.15) is 11.9 Å². The van der Waals surface area contributed by atoms with Gasteiger partial charge >= 0.3 is 0 Å². The zero-order chi connectivity index (χ0) is 10.8. The molecule has 0 aliphatic rings. The van der Waals surface area contributed by atoms with Gasteiger partial charge in [0.15, 0.2) is 0 Å². The van der Waals surface area contributed by atoms with Crippen LogP contribution in [0.1, 0.15) is 11.3 Å². The third-order valence-electron chi connectivity index (χ3n) is 2.19. The highest BCUT2D eigenvalue weighted by Crippen LogP contribution is 2.23. The molecule has 2 nitrogen and oxygen atoms in total. The van der Waals surface area contributed by atoms with Gasteiger partial charge in [-0.25, -0.2) is 4.39 Å². The summed E-state index contributed by atoms with van der Waals surface area (Å²) in [6.07, 6.45) is 0. The highest BCUT2D eigenvalue weighted by Gasteiger charge is 2.08. The van der Waals surface area contributed by atoms with Gasteiger partial charge < -0.3 is 4.98 Å². The molecular formula is C12H9FN2. The van der Waals surface area contributed by atoms with E-state index < -0.39 is 0 Å². The second kappa shape index (κ2) is 3.58. The highest BCUT2D eigenvalue weighted by atomic mass is 19.1. The zero-order valence-corrected chi connectivity index (χ0v) is 8.21. The number of H-pyrrole nitrogens is 1. The molecule has 2 rings (SSSR count). The van der Waals surface area contributed by atoms with Gasteiger partial charge in [0.25, 0.3) is 0 Å². The van der Waals surface area contributed by atoms with Crippen LogP contribution in [0.3, 0.4) is 0 Å². The molecule has 0 aliphatic heterocycles. The van der Waals surface area contributed by atoms with Crippen molar-refractivity contribution in [1.82, 2.24) is 4.98 Å². The largest absolute Gasteiger partial charge is 0.358 e. The molecule has 1 aromatic heterocycles. The molecule has 1 N–H and O–H groups in total. The monoisotopic (exact) mass is 200 g/mol. The van der Waals surface area contributed by atoms with Crippen LogP contribution in [0.5, 0.6) is 0 Å². The van der Waals surface area contributed by atoms with Gasteiger partial charge in [0.2, 0.25) is 0 Å². The lowest BCUT2D eigenvalue weighted by Gasteiger charge is -1.98. The van der Waals surface area contributed by atoms with Crippen LogP contribution in [0.2, 0.25) is 0 Å². The fraction of sp³-hybridized carbons (Fsp3) is 0.0833. The third kappa shape index (κ3) is 1.75. The van der Waals surface area contributed by atoms with Crippen molar-refractivity contribution in [2.45, 2.75) is 6.92 Å². The second-order valence-electron chi connectivity index (χ2n) is 3.36. The Morgan fingerprint density at radius 1 is 1.33 bits per heavy atom. The van der Waals surface area contributed by atoms with E-state index in [-0.39, 0.29) is 5.82 Å². The Balaban J connectivity index is 2.59. The lowest BCUT2D eigenvalue weighted by atomic mass is 10.1. The maximum absolute atomic E-state index is 13.0. The fourth-order valence-corrected chi connectivity index (χ4v) is 1.55. The second-order valence-corrected chi connectivity index (χ2v) is 3.36. The number of aromatic nitrogens is 1. The number of nitriles is 1. The molecule has 0 atom stereocenters. The number of aryl methyl sites for hydroxylation is 1. The van der Waals surface area contributed by atoms with Crippen LogP contribution in [-0.2, 0) is 0 Å². The Labute approximate surface area is 87.0 Å². The molecule has 2 aromatic rings. The number of rotatable bonds is 1. The Bertz CT molecular complexity index is 535. The minimum Gasteiger partial charge on any atom is -0.358 e. The predicted octanol–water partition coefficient (Wildman–Crippen LogP) is 3.00. The summed E-state index contributed by atoms with van der Waals surface area (Å²) >= 11 is 0. The van der Waals surface area contributed by atoms with E-state index in [1.165, 1.54) is 12.1 Å². The maximum Gasteiger partial charge on any atom is 0.123 e. The van der Waals surface area contributed by atoms with Crippen molar-refractivity contribution in [3.63, 3.8) is 0 Å². The fourth-order valence-electron chi connectivity index (χ4n) is 1.55. The SMILES string of the molecule is Cc1cc(C#N)c(-c2cccc(F)c2)[nH]1. The van der Waals surface area contributed by atoms with E-state index in [2.05, 4.69) is 11.1 Å². The average Bonchev–Trinajstić information content (AvgIpc) is 2.59. The Morgan fingerprint density at radius 3 is 2.80 bits per heavy atom. The van der Waals surface area contributed by atoms with Crippen LogP contribution in [-0.4, -0.2) is 4.98 Å². The van der Waals surface area contributed by atoms with E-state index in [1.54, 1.807) is 18.2 Å². The number of hydrogen-bond donors (Lipinski definition) is 1. The van der Waals surface area contributed by atoms with Crippen LogP contribution < -0.4 is 0 Å². The molecule has 0 unspecified atom stereocenters. The van der Waals surface area contributed by atoms with E-state index in [0.717, 1.165) is 5.69 Å². The number of halogens is 1. The first-order chi connectivity index (χ1) is 7.20. The van der Waals surface area contributed by atoms with Crippen molar-refractivity contribution in [2.24, 2.45) is 0 Å². The Morgan fingerprint density at radius 2 is 2.13 bits per heavy atom. The van der Waals surface area contributed by atoms with E-state index in [0.29, 0.717) is 16.8 Å². The molecule has 0 aliphatic carbocycles. The standard InChI is InChI=1S/C12H9FN2/c1-8-5-10(7-14)12(15-8)9-3-2-4-11(13)6-9/h2-6,15H,1H3. The molecule has 3 heteroatoms. The molecule has 74 valence electrons. The number of nitrogens with one attached hydrogen (secondary N) is 1. The molecule has 0 fully saturated rings. The highest BCUT2D eigenvalue weighted by molar-refractivity contribution is 5.67. The van der Waals surface area contributed by atoms with E-state index in [1.807, 2.05) is 6.92 Å². The molecule has 1 heterocycles. The summed E-state index contributed by atoms with van der Waals surface area (Å²) in [5.41, 5.74) is 2.80. The van der Waals surface area contributed by atoms with Crippen LogP contribution in [0.25, 0.3) is 11.3 Å². The molecule has 1 aromatic carbocycles. The van der Waals surface area contributed by atoms with Crippen molar-refractivity contribution < 1.29 is 4.39 Å². The topological polar surface area (TPSA) is 39.6 Å². The molecule has 0 spiro atoms. The Hall–Kier alpha value is -2.08. The molecule has 0 amide bonds. The maximum atomic E-state index is 13.0. The quantitative estimate of drug-likeness (QED) is 0.755. The third-order valence-corrected chi connectivity index (χ3v) is 2.19. The predicted molar refractivity (Wildman–Crippen MR) is 55.6 cm³/mol. The van der Waals surface area contributed by atoms with Gasteiger partial charge in [-0.15, -0.1) is 0 Å². The van der Waals surface area contributed by atoms with Crippen LogP contribution in [0.15, 0.2) is 30.3 Å². The van der Waals surface area contributed by atoms with Crippen molar-refractivity contribution >= 4 is 0 Å². The summed E-state index contributed by atoms with van der Waals surface area (Å²) in [5, 5.41) is 8.90. The lowest BCUT2D eigenvalue weighted by Crippen LogP contribution is -1.83. The minimum absolute atomic E-state index is 0.302. The van der Waals surface area contributed by atoms with Gasteiger partial charge in [-0.3, -0.25) is 0 Å². The normalized spacial score (nSPS) is 9.93. The number of nitrogens with zero attached hydrogens (tertiary/aromatic N) is 1. The summed E-state index contributed by atoms with van der Waals surface area (Å²) in [6.45, 7) is 1.86. The number of benzene rings is 1. The average molecular weight is 200 g/mol.